The molecule has 0 radical (unpaired) electrons. The van der Waals surface area contributed by atoms with Gasteiger partial charge in [-0.3, -0.25) is 9.28 Å². The number of hydrogen-bond donors (Lipinski definition) is 1. The molecule has 2 saturated heterocycles. The van der Waals surface area contributed by atoms with Gasteiger partial charge in [0, 0.05) is 31.7 Å². The maximum absolute atomic E-state index is 14.9. The highest BCUT2D eigenvalue weighted by atomic mass is 16.5. The molecule has 7 atom stereocenters. The van der Waals surface area contributed by atoms with E-state index in [1.165, 1.54) is 50.5 Å². The Kier molecular flexibility index (Phi) is 7.72. The predicted octanol–water partition coefficient (Wildman–Crippen LogP) is 6.52. The lowest BCUT2D eigenvalue weighted by Gasteiger charge is -2.53. The number of nitrogens with zero attached hydrogens (tertiary/aromatic N) is 2. The molecule has 0 saturated carbocycles. The Bertz CT molecular complexity index is 1060. The summed E-state index contributed by atoms with van der Waals surface area (Å²) in [4.78, 5) is 14.9. The van der Waals surface area contributed by atoms with E-state index in [4.69, 9.17) is 4.74 Å². The van der Waals surface area contributed by atoms with Gasteiger partial charge in [-0.1, -0.05) is 69.2 Å². The zero-order chi connectivity index (χ0) is 26.2. The number of ketones is 1. The Labute approximate surface area is 229 Å². The standard InChI is InChI=1S/C33H49N2O3/c1-38-32-26-23-33-19-14-10-6-2-3-7-11-15-20-34-21-18-25(26)29(34)31(37)28(33)30-27(36)17-13-9-5-4-8-12-16-22-35(30,32)24-33/h4,8-9,13,18,21,26-28,30,32,36H,2-3,5-7,10-12,14-17,19-20,22-24H2,1H3/q+1/b8-4-,13-9-/t26-,27-,28+,30-,32+,33+,35?/m1/s1. The molecule has 1 aromatic heterocycles. The molecule has 1 unspecified atom stereocenters. The number of aliphatic hydroxyl groups excluding tert-OH is 1. The molecule has 1 aromatic rings. The van der Waals surface area contributed by atoms with Crippen molar-refractivity contribution in [3.63, 3.8) is 0 Å². The fourth-order valence-corrected chi connectivity index (χ4v) is 9.62. The molecule has 5 heteroatoms. The number of rotatable bonds is 1. The highest BCUT2D eigenvalue weighted by molar-refractivity contribution is 6.00. The van der Waals surface area contributed by atoms with Crippen molar-refractivity contribution in [3.05, 3.63) is 47.8 Å². The van der Waals surface area contributed by atoms with Crippen LogP contribution in [0.4, 0.5) is 0 Å². The Morgan fingerprint density at radius 1 is 1.00 bits per heavy atom. The number of aryl methyl sites for hydroxylation is 1. The first-order valence-corrected chi connectivity index (χ1v) is 15.7. The van der Waals surface area contributed by atoms with Gasteiger partial charge in [0.15, 0.2) is 12.0 Å². The van der Waals surface area contributed by atoms with Crippen LogP contribution in [0.1, 0.15) is 112 Å². The molecule has 1 N–H and O–H groups in total. The summed E-state index contributed by atoms with van der Waals surface area (Å²) in [7, 11) is 1.89. The van der Waals surface area contributed by atoms with Gasteiger partial charge in [-0.25, -0.2) is 0 Å². The number of allylic oxidation sites excluding steroid dienone is 3. The van der Waals surface area contributed by atoms with Gasteiger partial charge in [-0.2, -0.15) is 0 Å². The Morgan fingerprint density at radius 3 is 2.58 bits per heavy atom. The molecule has 4 aliphatic heterocycles. The minimum absolute atomic E-state index is 0.00902. The summed E-state index contributed by atoms with van der Waals surface area (Å²) in [5.41, 5.74) is 2.14. The second-order valence-electron chi connectivity index (χ2n) is 13.1. The van der Waals surface area contributed by atoms with Crippen molar-refractivity contribution in [2.45, 2.75) is 121 Å². The first-order valence-electron chi connectivity index (χ1n) is 15.7. The molecule has 2 spiro atoms. The summed E-state index contributed by atoms with van der Waals surface area (Å²) in [6.07, 6.45) is 26.5. The van der Waals surface area contributed by atoms with Crippen molar-refractivity contribution in [1.82, 2.24) is 4.57 Å². The number of Topliss-reactive ketones (excluding diaryl/α,β-unsaturated/α-hetero) is 1. The first kappa shape index (κ1) is 26.5. The van der Waals surface area contributed by atoms with Crippen LogP contribution in [-0.2, 0) is 11.3 Å². The molecule has 38 heavy (non-hydrogen) atoms. The number of carbonyl (C=O) groups is 1. The minimum atomic E-state index is -0.533. The van der Waals surface area contributed by atoms with E-state index in [1.54, 1.807) is 0 Å². The lowest BCUT2D eigenvalue weighted by molar-refractivity contribution is -0.993. The van der Waals surface area contributed by atoms with Gasteiger partial charge in [0.25, 0.3) is 0 Å². The molecule has 208 valence electrons. The summed E-state index contributed by atoms with van der Waals surface area (Å²) >= 11 is 0. The molecule has 4 bridgehead atoms. The number of hydrogen-bond acceptors (Lipinski definition) is 3. The van der Waals surface area contributed by atoms with Gasteiger partial charge in [0.2, 0.25) is 0 Å². The maximum Gasteiger partial charge on any atom is 0.200 e. The molecule has 0 aromatic carbocycles. The van der Waals surface area contributed by atoms with Crippen LogP contribution in [0.5, 0.6) is 0 Å². The number of aliphatic hydroxyl groups is 1. The zero-order valence-corrected chi connectivity index (χ0v) is 23.5. The highest BCUT2D eigenvalue weighted by Crippen LogP contribution is 2.64. The number of aromatic nitrogens is 1. The highest BCUT2D eigenvalue weighted by Gasteiger charge is 2.74. The molecule has 5 aliphatic rings. The van der Waals surface area contributed by atoms with Crippen LogP contribution in [0.25, 0.3) is 0 Å². The monoisotopic (exact) mass is 521 g/mol. The molecule has 6 rings (SSSR count). The average Bonchev–Trinajstić information content (AvgIpc) is 3.40. The number of piperidine rings is 1. The van der Waals surface area contributed by atoms with Crippen LogP contribution in [0, 0.1) is 11.3 Å². The third-order valence-corrected chi connectivity index (χ3v) is 11.0. The summed E-state index contributed by atoms with van der Waals surface area (Å²) in [6, 6.07) is 2.16. The van der Waals surface area contributed by atoms with E-state index in [0.717, 1.165) is 68.3 Å². The predicted molar refractivity (Wildman–Crippen MR) is 151 cm³/mol. The van der Waals surface area contributed by atoms with Crippen molar-refractivity contribution in [3.8, 4) is 0 Å². The van der Waals surface area contributed by atoms with Crippen molar-refractivity contribution < 1.29 is 19.1 Å². The van der Waals surface area contributed by atoms with Crippen molar-refractivity contribution in [2.24, 2.45) is 11.3 Å². The van der Waals surface area contributed by atoms with Gasteiger partial charge in [0.05, 0.1) is 30.6 Å². The second kappa shape index (κ2) is 11.1. The molecule has 5 nitrogen and oxygen atoms in total. The fourth-order valence-electron chi connectivity index (χ4n) is 9.62. The molecular weight excluding hydrogens is 472 g/mol. The quantitative estimate of drug-likeness (QED) is 0.338. The van der Waals surface area contributed by atoms with E-state index in [0.29, 0.717) is 12.2 Å². The second-order valence-corrected chi connectivity index (χ2v) is 13.1. The van der Waals surface area contributed by atoms with Gasteiger partial charge >= 0.3 is 0 Å². The van der Waals surface area contributed by atoms with Crippen LogP contribution in [0.15, 0.2) is 36.6 Å². The van der Waals surface area contributed by atoms with Gasteiger partial charge < -0.3 is 14.4 Å². The van der Waals surface area contributed by atoms with Crippen molar-refractivity contribution >= 4 is 5.78 Å². The molecule has 5 heterocycles. The SMILES string of the molecule is CO[C@H]1[C@@H]2C[C@]34CCCCCCCCCCn5ccc2c5C(=O)[C@@H]3[C@H]2[C@H](O)C/C=C\C/C=C\CCC[N+]21C4. The van der Waals surface area contributed by atoms with Crippen LogP contribution < -0.4 is 0 Å². The molecule has 2 fully saturated rings. The third kappa shape index (κ3) is 4.37. The molecule has 1 aliphatic carbocycles. The van der Waals surface area contributed by atoms with Gasteiger partial charge in [-0.15, -0.1) is 0 Å². The lowest BCUT2D eigenvalue weighted by atomic mass is 9.65. The van der Waals surface area contributed by atoms with E-state index >= 15 is 0 Å². The van der Waals surface area contributed by atoms with Crippen molar-refractivity contribution in [2.75, 3.05) is 20.2 Å². The summed E-state index contributed by atoms with van der Waals surface area (Å²) in [5, 5.41) is 12.0. The lowest BCUT2D eigenvalue weighted by Crippen LogP contribution is -2.67. The maximum atomic E-state index is 14.9. The smallest absolute Gasteiger partial charge is 0.200 e. The van der Waals surface area contributed by atoms with Crippen LogP contribution >= 0.6 is 0 Å². The zero-order valence-electron chi connectivity index (χ0n) is 23.5. The number of methoxy groups -OCH3 is 1. The van der Waals surface area contributed by atoms with E-state index in [1.807, 2.05) is 7.11 Å². The molecule has 0 amide bonds. The van der Waals surface area contributed by atoms with E-state index in [2.05, 4.69) is 41.1 Å². The largest absolute Gasteiger partial charge is 0.387 e. The van der Waals surface area contributed by atoms with Crippen molar-refractivity contribution in [1.29, 1.82) is 0 Å². The minimum Gasteiger partial charge on any atom is -0.387 e. The number of carbonyl (C=O) groups excluding carboxylic acids is 1. The molecular formula is C33H49N2O3+. The Hall–Kier alpha value is -1.69. The third-order valence-electron chi connectivity index (χ3n) is 11.0. The van der Waals surface area contributed by atoms with E-state index in [-0.39, 0.29) is 29.5 Å². The summed E-state index contributed by atoms with van der Waals surface area (Å²) < 4.78 is 9.58. The summed E-state index contributed by atoms with van der Waals surface area (Å²) in [5.74, 6) is 0.409. The van der Waals surface area contributed by atoms with Crippen LogP contribution in [0.3, 0.4) is 0 Å². The van der Waals surface area contributed by atoms with Crippen LogP contribution in [-0.4, -0.2) is 58.5 Å². The van der Waals surface area contributed by atoms with E-state index < -0.39 is 6.10 Å². The van der Waals surface area contributed by atoms with Gasteiger partial charge in [-0.05, 0) is 50.2 Å². The van der Waals surface area contributed by atoms with Crippen LogP contribution in [0.2, 0.25) is 0 Å². The average molecular weight is 522 g/mol. The summed E-state index contributed by atoms with van der Waals surface area (Å²) in [6.45, 7) is 2.89. The normalized spacial score (nSPS) is 41.7. The Balaban J connectivity index is 1.51. The van der Waals surface area contributed by atoms with E-state index in [9.17, 15) is 9.90 Å². The topological polar surface area (TPSA) is 51.5 Å². The number of fused-ring (bicyclic) bond motifs is 2. The fraction of sp³-hybridized carbons (Fsp3) is 0.727. The number of quaternary nitrogens is 1. The number of ether oxygens (including phenoxy) is 1. The van der Waals surface area contributed by atoms with Gasteiger partial charge in [0.1, 0.15) is 12.1 Å². The Morgan fingerprint density at radius 2 is 1.76 bits per heavy atom. The first-order chi connectivity index (χ1) is 18.6.